The SMILES string of the molecule is Cc1ccnc(Oc2ccc(C(N)=O)cc2[N+](=O)[O-])c1Br. The molecule has 1 aromatic carbocycles. The summed E-state index contributed by atoms with van der Waals surface area (Å²) in [4.78, 5) is 25.5. The van der Waals surface area contributed by atoms with E-state index < -0.39 is 10.8 Å². The lowest BCUT2D eigenvalue weighted by atomic mass is 10.2. The Kier molecular flexibility index (Phi) is 4.18. The second-order valence-corrected chi connectivity index (χ2v) is 4.95. The summed E-state index contributed by atoms with van der Waals surface area (Å²) in [5.41, 5.74) is 5.65. The molecule has 1 amide bonds. The van der Waals surface area contributed by atoms with Gasteiger partial charge in [-0.2, -0.15) is 0 Å². The number of carbonyl (C=O) groups is 1. The third kappa shape index (κ3) is 3.16. The second kappa shape index (κ2) is 5.88. The van der Waals surface area contributed by atoms with Crippen LogP contribution in [0.4, 0.5) is 5.69 Å². The fourth-order valence-electron chi connectivity index (χ4n) is 1.59. The summed E-state index contributed by atoms with van der Waals surface area (Å²) in [7, 11) is 0. The third-order valence-corrected chi connectivity index (χ3v) is 3.66. The molecule has 0 aliphatic carbocycles. The highest BCUT2D eigenvalue weighted by Crippen LogP contribution is 2.35. The maximum Gasteiger partial charge on any atom is 0.312 e. The normalized spacial score (nSPS) is 10.2. The zero-order valence-electron chi connectivity index (χ0n) is 10.9. The maximum absolute atomic E-state index is 11.1. The monoisotopic (exact) mass is 351 g/mol. The van der Waals surface area contributed by atoms with E-state index in [2.05, 4.69) is 20.9 Å². The first-order chi connectivity index (χ1) is 9.90. The second-order valence-electron chi connectivity index (χ2n) is 4.15. The van der Waals surface area contributed by atoms with Gasteiger partial charge in [-0.05, 0) is 46.6 Å². The first-order valence-electron chi connectivity index (χ1n) is 5.77. The van der Waals surface area contributed by atoms with Crippen LogP contribution in [0.2, 0.25) is 0 Å². The lowest BCUT2D eigenvalue weighted by Gasteiger charge is -2.09. The van der Waals surface area contributed by atoms with E-state index in [0.29, 0.717) is 4.47 Å². The zero-order valence-corrected chi connectivity index (χ0v) is 12.5. The van der Waals surface area contributed by atoms with Crippen molar-refractivity contribution in [2.24, 2.45) is 5.73 Å². The Labute approximate surface area is 128 Å². The number of nitro benzene ring substituents is 1. The van der Waals surface area contributed by atoms with Gasteiger partial charge in [0, 0.05) is 17.8 Å². The average Bonchev–Trinajstić information content (AvgIpc) is 2.43. The molecule has 0 bridgehead atoms. The van der Waals surface area contributed by atoms with E-state index in [0.717, 1.165) is 11.6 Å². The highest BCUT2D eigenvalue weighted by Gasteiger charge is 2.20. The summed E-state index contributed by atoms with van der Waals surface area (Å²) in [5, 5.41) is 11.1. The topological polar surface area (TPSA) is 108 Å². The molecular formula is C13H10BrN3O4. The Morgan fingerprint density at radius 1 is 1.43 bits per heavy atom. The van der Waals surface area contributed by atoms with Crippen LogP contribution in [0.25, 0.3) is 0 Å². The van der Waals surface area contributed by atoms with Crippen molar-refractivity contribution in [3.05, 3.63) is 56.2 Å². The lowest BCUT2D eigenvalue weighted by Crippen LogP contribution is -2.11. The summed E-state index contributed by atoms with van der Waals surface area (Å²) < 4.78 is 6.06. The van der Waals surface area contributed by atoms with Crippen LogP contribution in [0.3, 0.4) is 0 Å². The number of benzene rings is 1. The van der Waals surface area contributed by atoms with Crippen molar-refractivity contribution in [3.8, 4) is 11.6 Å². The molecule has 8 heteroatoms. The van der Waals surface area contributed by atoms with E-state index in [1.807, 2.05) is 6.92 Å². The van der Waals surface area contributed by atoms with E-state index >= 15 is 0 Å². The van der Waals surface area contributed by atoms with E-state index in [-0.39, 0.29) is 22.9 Å². The van der Waals surface area contributed by atoms with Crippen molar-refractivity contribution in [1.29, 1.82) is 0 Å². The molecule has 2 aromatic rings. The van der Waals surface area contributed by atoms with E-state index in [9.17, 15) is 14.9 Å². The molecule has 2 rings (SSSR count). The van der Waals surface area contributed by atoms with Crippen LogP contribution in [0.1, 0.15) is 15.9 Å². The fraction of sp³-hybridized carbons (Fsp3) is 0.0769. The number of aromatic nitrogens is 1. The van der Waals surface area contributed by atoms with E-state index in [1.165, 1.54) is 18.3 Å². The number of hydrogen-bond acceptors (Lipinski definition) is 5. The van der Waals surface area contributed by atoms with Gasteiger partial charge in [0.15, 0.2) is 0 Å². The van der Waals surface area contributed by atoms with Gasteiger partial charge in [-0.15, -0.1) is 0 Å². The number of hydrogen-bond donors (Lipinski definition) is 1. The van der Waals surface area contributed by atoms with Crippen molar-refractivity contribution in [3.63, 3.8) is 0 Å². The van der Waals surface area contributed by atoms with Gasteiger partial charge in [-0.1, -0.05) is 0 Å². The number of pyridine rings is 1. The Morgan fingerprint density at radius 2 is 2.14 bits per heavy atom. The molecule has 2 N–H and O–H groups in total. The van der Waals surface area contributed by atoms with Crippen molar-refractivity contribution in [1.82, 2.24) is 4.98 Å². The summed E-state index contributed by atoms with van der Waals surface area (Å²) in [6, 6.07) is 5.51. The molecule has 0 radical (unpaired) electrons. The van der Waals surface area contributed by atoms with Crippen molar-refractivity contribution in [2.75, 3.05) is 0 Å². The number of halogens is 1. The van der Waals surface area contributed by atoms with E-state index in [4.69, 9.17) is 10.5 Å². The Balaban J connectivity index is 2.46. The van der Waals surface area contributed by atoms with Gasteiger partial charge < -0.3 is 10.5 Å². The maximum atomic E-state index is 11.1. The average molecular weight is 352 g/mol. The quantitative estimate of drug-likeness (QED) is 0.672. The van der Waals surface area contributed by atoms with Crippen LogP contribution >= 0.6 is 15.9 Å². The minimum atomic E-state index is -0.750. The minimum Gasteiger partial charge on any atom is -0.431 e. The molecule has 0 unspecified atom stereocenters. The van der Waals surface area contributed by atoms with Crippen LogP contribution in [0.15, 0.2) is 34.9 Å². The molecule has 0 aliphatic heterocycles. The van der Waals surface area contributed by atoms with Gasteiger partial charge in [-0.3, -0.25) is 14.9 Å². The van der Waals surface area contributed by atoms with Gasteiger partial charge in [0.1, 0.15) is 0 Å². The van der Waals surface area contributed by atoms with E-state index in [1.54, 1.807) is 6.07 Å². The highest BCUT2D eigenvalue weighted by molar-refractivity contribution is 9.10. The molecule has 0 fully saturated rings. The third-order valence-electron chi connectivity index (χ3n) is 2.70. The van der Waals surface area contributed by atoms with Gasteiger partial charge in [-0.25, -0.2) is 4.98 Å². The molecule has 21 heavy (non-hydrogen) atoms. The van der Waals surface area contributed by atoms with Crippen LogP contribution in [-0.2, 0) is 0 Å². The van der Waals surface area contributed by atoms with Crippen LogP contribution in [0, 0.1) is 17.0 Å². The van der Waals surface area contributed by atoms with Gasteiger partial charge in [0.2, 0.25) is 17.5 Å². The molecule has 1 aromatic heterocycles. The van der Waals surface area contributed by atoms with Crippen LogP contribution in [-0.4, -0.2) is 15.8 Å². The highest BCUT2D eigenvalue weighted by atomic mass is 79.9. The number of ether oxygens (including phenoxy) is 1. The number of rotatable bonds is 4. The lowest BCUT2D eigenvalue weighted by molar-refractivity contribution is -0.385. The Hall–Kier alpha value is -2.48. The zero-order chi connectivity index (χ0) is 15.6. The molecule has 0 aliphatic rings. The van der Waals surface area contributed by atoms with Gasteiger partial charge in [0.05, 0.1) is 9.40 Å². The number of primary amides is 1. The minimum absolute atomic E-state index is 0.0243. The molecule has 0 spiro atoms. The first kappa shape index (κ1) is 14.9. The molecule has 0 atom stereocenters. The van der Waals surface area contributed by atoms with Crippen LogP contribution in [0.5, 0.6) is 11.6 Å². The number of amides is 1. The predicted octanol–water partition coefficient (Wildman–Crippen LogP) is 2.95. The predicted molar refractivity (Wildman–Crippen MR) is 78.4 cm³/mol. The largest absolute Gasteiger partial charge is 0.431 e. The summed E-state index contributed by atoms with van der Waals surface area (Å²) in [5.74, 6) is -0.576. The first-order valence-corrected chi connectivity index (χ1v) is 6.56. The molecule has 1 heterocycles. The van der Waals surface area contributed by atoms with Gasteiger partial charge >= 0.3 is 5.69 Å². The Bertz CT molecular complexity index is 733. The molecule has 108 valence electrons. The fourth-order valence-corrected chi connectivity index (χ4v) is 1.91. The number of nitro groups is 1. The smallest absolute Gasteiger partial charge is 0.312 e. The molecule has 0 saturated heterocycles. The van der Waals surface area contributed by atoms with Crippen LogP contribution < -0.4 is 10.5 Å². The molecule has 0 saturated carbocycles. The molecule has 7 nitrogen and oxygen atoms in total. The number of nitrogens with two attached hydrogens (primary N) is 1. The molecular weight excluding hydrogens is 342 g/mol. The number of aryl methyl sites for hydroxylation is 1. The van der Waals surface area contributed by atoms with Gasteiger partial charge in [0.25, 0.3) is 0 Å². The van der Waals surface area contributed by atoms with Crippen molar-refractivity contribution in [2.45, 2.75) is 6.92 Å². The standard InChI is InChI=1S/C13H10BrN3O4/c1-7-4-5-16-13(11(7)14)21-10-3-2-8(12(15)18)6-9(10)17(19)20/h2-6H,1H3,(H2,15,18). The number of carbonyl (C=O) groups excluding carboxylic acids is 1. The Morgan fingerprint density at radius 3 is 2.76 bits per heavy atom. The summed E-state index contributed by atoms with van der Waals surface area (Å²) in [6.07, 6.45) is 1.53. The summed E-state index contributed by atoms with van der Waals surface area (Å²) in [6.45, 7) is 1.84. The summed E-state index contributed by atoms with van der Waals surface area (Å²) >= 11 is 3.31. The van der Waals surface area contributed by atoms with Crippen molar-refractivity contribution < 1.29 is 14.5 Å². The number of nitrogens with zero attached hydrogens (tertiary/aromatic N) is 2. The van der Waals surface area contributed by atoms with Crippen molar-refractivity contribution >= 4 is 27.5 Å².